The maximum atomic E-state index is 14.3. The molecule has 1 fully saturated rings. The van der Waals surface area contributed by atoms with Gasteiger partial charge in [-0.25, -0.2) is 0 Å². The van der Waals surface area contributed by atoms with Crippen molar-refractivity contribution >= 4 is 51.4 Å². The molecule has 3 amide bonds. The minimum Gasteiger partial charge on any atom is -0.508 e. The van der Waals surface area contributed by atoms with Crippen LogP contribution >= 0.6 is 11.5 Å². The van der Waals surface area contributed by atoms with Crippen molar-refractivity contribution in [1.82, 2.24) is 9.69 Å². The first-order chi connectivity index (χ1) is 18.8. The van der Waals surface area contributed by atoms with Crippen LogP contribution in [0.3, 0.4) is 0 Å². The summed E-state index contributed by atoms with van der Waals surface area (Å²) in [5.74, 6) is -1.92. The Kier molecular flexibility index (Phi) is 7.44. The molecule has 200 valence electrons. The number of fused-ring (bicyclic) bond motifs is 1. The van der Waals surface area contributed by atoms with E-state index in [2.05, 4.69) is 9.69 Å². The minimum atomic E-state index is -1.16. The zero-order chi connectivity index (χ0) is 27.5. The van der Waals surface area contributed by atoms with Gasteiger partial charge in [-0.2, -0.15) is 4.37 Å². The number of anilines is 2. The Bertz CT molecular complexity index is 1530. The topological polar surface area (TPSA) is 161 Å². The molecular weight excluding hydrogens is 518 g/mol. The Hall–Kier alpha value is -4.48. The normalized spacial score (nSPS) is 15.6. The lowest BCUT2D eigenvalue weighted by atomic mass is 10.00. The molecule has 0 bridgehead atoms. The number of aromatic hydroxyl groups is 1. The first-order valence-electron chi connectivity index (χ1n) is 12.4. The number of hydrogen-bond acceptors (Lipinski definition) is 8. The van der Waals surface area contributed by atoms with Crippen molar-refractivity contribution in [3.63, 3.8) is 0 Å². The highest BCUT2D eigenvalue weighted by molar-refractivity contribution is 7.09. The van der Waals surface area contributed by atoms with Gasteiger partial charge in [-0.1, -0.05) is 48.5 Å². The molecule has 1 aliphatic rings. The number of aromatic nitrogens is 1. The molecule has 0 unspecified atom stereocenters. The third-order valence-corrected chi connectivity index (χ3v) is 7.49. The van der Waals surface area contributed by atoms with Crippen molar-refractivity contribution in [2.75, 3.05) is 23.8 Å². The maximum Gasteiger partial charge on any atom is 0.273 e. The van der Waals surface area contributed by atoms with E-state index in [0.29, 0.717) is 17.9 Å². The number of ether oxygens (including phenoxy) is 1. The number of phenolic OH excluding ortho intramolecular Hbond substituents is 1. The van der Waals surface area contributed by atoms with Crippen molar-refractivity contribution < 1.29 is 24.2 Å². The number of primary amides is 1. The summed E-state index contributed by atoms with van der Waals surface area (Å²) in [7, 11) is 0. The summed E-state index contributed by atoms with van der Waals surface area (Å²) in [6, 6.07) is 17.8. The molecule has 2 atom stereocenters. The number of rotatable bonds is 8. The van der Waals surface area contributed by atoms with E-state index in [4.69, 9.17) is 16.2 Å². The molecule has 4 aromatic rings. The van der Waals surface area contributed by atoms with Gasteiger partial charge in [0.25, 0.3) is 11.8 Å². The molecule has 11 heteroatoms. The van der Waals surface area contributed by atoms with Gasteiger partial charge in [0, 0.05) is 18.5 Å². The van der Waals surface area contributed by atoms with Crippen LogP contribution in [-0.4, -0.2) is 46.5 Å². The summed E-state index contributed by atoms with van der Waals surface area (Å²) in [5.41, 5.74) is 12.1. The molecule has 1 aliphatic heterocycles. The van der Waals surface area contributed by atoms with Crippen LogP contribution in [0.4, 0.5) is 11.4 Å². The van der Waals surface area contributed by atoms with Crippen LogP contribution in [0.5, 0.6) is 5.75 Å². The molecule has 0 radical (unpaired) electrons. The van der Waals surface area contributed by atoms with Crippen LogP contribution in [0.25, 0.3) is 10.8 Å². The second-order valence-corrected chi connectivity index (χ2v) is 9.96. The molecule has 1 aromatic heterocycles. The standard InChI is InChI=1S/C28H27N5O5S/c29-22-23(26(30)35)32-39-25(22)28(37)33(21-9-3-6-16-5-1-2-8-20(16)21)24(17-10-12-18(34)13-11-17)27(36)31-15-19-7-4-14-38-19/h1-3,5-6,8-13,19,24,34H,4,7,14-15,29H2,(H2,30,35)(H,31,36)/t19-,24-/m1/s1. The summed E-state index contributed by atoms with van der Waals surface area (Å²) < 4.78 is 9.67. The monoisotopic (exact) mass is 545 g/mol. The van der Waals surface area contributed by atoms with Crippen molar-refractivity contribution in [2.45, 2.75) is 25.0 Å². The number of benzene rings is 3. The highest BCUT2D eigenvalue weighted by Crippen LogP contribution is 2.37. The van der Waals surface area contributed by atoms with Gasteiger partial charge in [0.05, 0.1) is 17.5 Å². The molecule has 2 heterocycles. The van der Waals surface area contributed by atoms with Gasteiger partial charge in [-0.15, -0.1) is 0 Å². The first kappa shape index (κ1) is 26.1. The fourth-order valence-corrected chi connectivity index (χ4v) is 5.46. The Morgan fingerprint density at radius 3 is 2.54 bits per heavy atom. The van der Waals surface area contributed by atoms with E-state index >= 15 is 0 Å². The smallest absolute Gasteiger partial charge is 0.273 e. The predicted molar refractivity (Wildman–Crippen MR) is 149 cm³/mol. The van der Waals surface area contributed by atoms with E-state index in [1.54, 1.807) is 24.3 Å². The molecule has 3 aromatic carbocycles. The number of nitrogens with two attached hydrogens (primary N) is 2. The zero-order valence-electron chi connectivity index (χ0n) is 20.9. The predicted octanol–water partition coefficient (Wildman–Crippen LogP) is 3.37. The lowest BCUT2D eigenvalue weighted by molar-refractivity contribution is -0.123. The summed E-state index contributed by atoms with van der Waals surface area (Å²) in [5, 5.41) is 14.5. The molecule has 39 heavy (non-hydrogen) atoms. The summed E-state index contributed by atoms with van der Waals surface area (Å²) in [6.45, 7) is 0.912. The van der Waals surface area contributed by atoms with Crippen LogP contribution in [0.15, 0.2) is 66.7 Å². The van der Waals surface area contributed by atoms with Crippen LogP contribution in [0.2, 0.25) is 0 Å². The molecule has 5 rings (SSSR count). The average Bonchev–Trinajstić information content (AvgIpc) is 3.60. The lowest BCUT2D eigenvalue weighted by Gasteiger charge is -2.32. The fraction of sp³-hybridized carbons (Fsp3) is 0.214. The minimum absolute atomic E-state index is 0.0121. The van der Waals surface area contributed by atoms with Crippen molar-refractivity contribution in [2.24, 2.45) is 5.73 Å². The van der Waals surface area contributed by atoms with Gasteiger partial charge in [-0.05, 0) is 53.5 Å². The van der Waals surface area contributed by atoms with E-state index in [1.807, 2.05) is 30.3 Å². The molecular formula is C28H27N5O5S. The molecule has 10 nitrogen and oxygen atoms in total. The van der Waals surface area contributed by atoms with E-state index in [0.717, 1.165) is 35.1 Å². The Labute approximate surface area is 228 Å². The number of amides is 3. The number of nitrogens with zero attached hydrogens (tertiary/aromatic N) is 2. The molecule has 0 spiro atoms. The lowest BCUT2D eigenvalue weighted by Crippen LogP contribution is -2.45. The number of hydrogen-bond donors (Lipinski definition) is 4. The summed E-state index contributed by atoms with van der Waals surface area (Å²) in [4.78, 5) is 41.4. The van der Waals surface area contributed by atoms with E-state index in [-0.39, 0.29) is 34.7 Å². The van der Waals surface area contributed by atoms with Gasteiger partial charge < -0.3 is 26.6 Å². The molecule has 0 aliphatic carbocycles. The Morgan fingerprint density at radius 1 is 1.10 bits per heavy atom. The fourth-order valence-electron chi connectivity index (χ4n) is 4.71. The number of phenols is 1. The van der Waals surface area contributed by atoms with Crippen LogP contribution in [0, 0.1) is 0 Å². The van der Waals surface area contributed by atoms with Crippen LogP contribution < -0.4 is 21.7 Å². The maximum absolute atomic E-state index is 14.3. The third kappa shape index (κ3) is 5.27. The molecule has 6 N–H and O–H groups in total. The van der Waals surface area contributed by atoms with Gasteiger partial charge in [0.15, 0.2) is 5.69 Å². The summed E-state index contributed by atoms with van der Waals surface area (Å²) >= 11 is 0.743. The summed E-state index contributed by atoms with van der Waals surface area (Å²) in [6.07, 6.45) is 1.62. The van der Waals surface area contributed by atoms with Gasteiger partial charge in [0.2, 0.25) is 5.91 Å². The largest absolute Gasteiger partial charge is 0.508 e. The zero-order valence-corrected chi connectivity index (χ0v) is 21.7. The SMILES string of the molecule is NC(=O)c1nsc(C(=O)N(c2cccc3ccccc23)[C@@H](C(=O)NC[C@H]2CCCO2)c2ccc(O)cc2)c1N. The Morgan fingerprint density at radius 2 is 1.85 bits per heavy atom. The van der Waals surface area contributed by atoms with E-state index in [1.165, 1.54) is 17.0 Å². The second kappa shape index (κ2) is 11.1. The first-order valence-corrected chi connectivity index (χ1v) is 13.2. The molecule has 0 saturated carbocycles. The van der Waals surface area contributed by atoms with E-state index in [9.17, 15) is 19.5 Å². The van der Waals surface area contributed by atoms with Crippen molar-refractivity contribution in [1.29, 1.82) is 0 Å². The molecule has 1 saturated heterocycles. The van der Waals surface area contributed by atoms with E-state index < -0.39 is 23.8 Å². The average molecular weight is 546 g/mol. The highest BCUT2D eigenvalue weighted by Gasteiger charge is 2.37. The number of carbonyl (C=O) groups is 3. The van der Waals surface area contributed by atoms with Crippen molar-refractivity contribution in [3.05, 3.63) is 82.9 Å². The second-order valence-electron chi connectivity index (χ2n) is 9.19. The number of nitrogens with one attached hydrogen (secondary N) is 1. The van der Waals surface area contributed by atoms with Crippen LogP contribution in [-0.2, 0) is 9.53 Å². The van der Waals surface area contributed by atoms with Gasteiger partial charge in [0.1, 0.15) is 16.7 Å². The quantitative estimate of drug-likeness (QED) is 0.264. The third-order valence-electron chi connectivity index (χ3n) is 6.64. The van der Waals surface area contributed by atoms with Crippen molar-refractivity contribution in [3.8, 4) is 5.75 Å². The number of nitrogen functional groups attached to an aromatic ring is 1. The Balaban J connectivity index is 1.67. The van der Waals surface area contributed by atoms with Gasteiger partial charge in [-0.3, -0.25) is 19.3 Å². The highest BCUT2D eigenvalue weighted by atomic mass is 32.1. The number of carbonyl (C=O) groups excluding carboxylic acids is 3. The van der Waals surface area contributed by atoms with Crippen LogP contribution in [0.1, 0.15) is 44.6 Å². The van der Waals surface area contributed by atoms with Gasteiger partial charge >= 0.3 is 0 Å².